The van der Waals surface area contributed by atoms with Crippen LogP contribution in [0.15, 0.2) is 73.1 Å². The molecule has 180 valence electrons. The number of carbonyl (C=O) groups is 2. The molecule has 0 radical (unpaired) electrons. The number of hydrogen-bond acceptors (Lipinski definition) is 6. The lowest BCUT2D eigenvalue weighted by molar-refractivity contribution is -0.127. The second-order valence-electron chi connectivity index (χ2n) is 7.99. The molecule has 1 unspecified atom stereocenters. The van der Waals surface area contributed by atoms with Crippen molar-refractivity contribution in [3.05, 3.63) is 84.2 Å². The molecule has 35 heavy (non-hydrogen) atoms. The van der Waals surface area contributed by atoms with Crippen LogP contribution in [0.2, 0.25) is 0 Å². The largest absolute Gasteiger partial charge is 0.383 e. The maximum atomic E-state index is 13.9. The molecule has 4 rings (SSSR count). The molecule has 0 bridgehead atoms. The van der Waals surface area contributed by atoms with E-state index in [9.17, 15) is 9.59 Å². The molecule has 2 amide bonds. The molecule has 9 nitrogen and oxygen atoms in total. The highest BCUT2D eigenvalue weighted by Gasteiger charge is 2.33. The number of anilines is 1. The highest BCUT2D eigenvalue weighted by Crippen LogP contribution is 2.29. The van der Waals surface area contributed by atoms with E-state index in [-0.39, 0.29) is 18.4 Å². The Balaban J connectivity index is 1.75. The number of pyridine rings is 1. The summed E-state index contributed by atoms with van der Waals surface area (Å²) >= 11 is 0. The molecule has 2 aromatic heterocycles. The van der Waals surface area contributed by atoms with Crippen LogP contribution in [0.25, 0.3) is 11.0 Å². The number of aryl methyl sites for hydroxylation is 1. The van der Waals surface area contributed by atoms with Crippen LogP contribution in [-0.2, 0) is 27.3 Å². The van der Waals surface area contributed by atoms with Gasteiger partial charge in [0.15, 0.2) is 0 Å². The van der Waals surface area contributed by atoms with Gasteiger partial charge in [0.1, 0.15) is 18.1 Å². The van der Waals surface area contributed by atoms with Gasteiger partial charge >= 0.3 is 0 Å². The number of para-hydroxylation sites is 1. The van der Waals surface area contributed by atoms with Gasteiger partial charge in [0.25, 0.3) is 0 Å². The normalized spacial score (nSPS) is 11.8. The Kier molecular flexibility index (Phi) is 7.79. The molecule has 1 atom stereocenters. The van der Waals surface area contributed by atoms with Crippen LogP contribution in [0.1, 0.15) is 24.1 Å². The van der Waals surface area contributed by atoms with E-state index in [0.717, 1.165) is 17.5 Å². The zero-order valence-corrected chi connectivity index (χ0v) is 19.8. The summed E-state index contributed by atoms with van der Waals surface area (Å²) in [7, 11) is 1.57. The van der Waals surface area contributed by atoms with Crippen molar-refractivity contribution >= 4 is 28.5 Å². The number of amides is 2. The van der Waals surface area contributed by atoms with E-state index in [1.807, 2.05) is 48.5 Å². The number of benzene rings is 2. The van der Waals surface area contributed by atoms with Crippen molar-refractivity contribution in [3.63, 3.8) is 0 Å². The van der Waals surface area contributed by atoms with Gasteiger partial charge in [-0.1, -0.05) is 42.5 Å². The monoisotopic (exact) mass is 472 g/mol. The molecular formula is C26H28N6O3. The van der Waals surface area contributed by atoms with Gasteiger partial charge < -0.3 is 10.1 Å². The maximum absolute atomic E-state index is 13.9. The van der Waals surface area contributed by atoms with Crippen molar-refractivity contribution in [2.75, 3.05) is 25.2 Å². The second-order valence-corrected chi connectivity index (χ2v) is 7.99. The predicted octanol–water partition coefficient (Wildman–Crippen LogP) is 2.93. The van der Waals surface area contributed by atoms with Crippen molar-refractivity contribution < 1.29 is 14.3 Å². The molecule has 2 aromatic carbocycles. The van der Waals surface area contributed by atoms with E-state index in [2.05, 4.69) is 27.5 Å². The Morgan fingerprint density at radius 1 is 1.09 bits per heavy atom. The zero-order valence-electron chi connectivity index (χ0n) is 19.8. The Morgan fingerprint density at radius 3 is 2.60 bits per heavy atom. The lowest BCUT2D eigenvalue weighted by atomic mass is 10.0. The first-order valence-electron chi connectivity index (χ1n) is 11.5. The summed E-state index contributed by atoms with van der Waals surface area (Å²) in [5.74, 6) is -0.632. The minimum absolute atomic E-state index is 0.0852. The maximum Gasteiger partial charge on any atom is 0.249 e. The Bertz CT molecular complexity index is 1270. The smallest absolute Gasteiger partial charge is 0.249 e. The van der Waals surface area contributed by atoms with Gasteiger partial charge in [-0.15, -0.1) is 5.10 Å². The molecule has 2 heterocycles. The lowest BCUT2D eigenvalue weighted by Crippen LogP contribution is -2.46. The average molecular weight is 473 g/mol. The van der Waals surface area contributed by atoms with Gasteiger partial charge in [0.2, 0.25) is 11.8 Å². The van der Waals surface area contributed by atoms with Gasteiger partial charge in [-0.2, -0.15) is 0 Å². The van der Waals surface area contributed by atoms with Crippen LogP contribution in [0, 0.1) is 0 Å². The van der Waals surface area contributed by atoms with Crippen LogP contribution in [0.3, 0.4) is 0 Å². The molecule has 0 saturated heterocycles. The fourth-order valence-corrected chi connectivity index (χ4v) is 3.90. The van der Waals surface area contributed by atoms with Crippen LogP contribution in [-0.4, -0.2) is 52.1 Å². The Hall–Kier alpha value is -4.11. The molecule has 0 saturated carbocycles. The SMILES string of the molecule is CCc1ccc(N(C(=O)Cn2nnc3ccccc32)C(C(=O)NCCOC)c2cccnc2)cc1. The van der Waals surface area contributed by atoms with Crippen molar-refractivity contribution in [2.45, 2.75) is 25.9 Å². The van der Waals surface area contributed by atoms with Gasteiger partial charge in [0.05, 0.1) is 12.1 Å². The summed E-state index contributed by atoms with van der Waals surface area (Å²) in [5.41, 5.74) is 3.77. The molecule has 4 aromatic rings. The number of nitrogens with zero attached hydrogens (tertiary/aromatic N) is 5. The first kappa shape index (κ1) is 24.0. The summed E-state index contributed by atoms with van der Waals surface area (Å²) in [6, 6.07) is 17.7. The van der Waals surface area contributed by atoms with Gasteiger partial charge in [-0.05, 0) is 42.3 Å². The van der Waals surface area contributed by atoms with E-state index in [0.29, 0.717) is 29.9 Å². The van der Waals surface area contributed by atoms with E-state index in [1.165, 1.54) is 4.90 Å². The number of carbonyl (C=O) groups excluding carboxylic acids is 2. The topological polar surface area (TPSA) is 102 Å². The van der Waals surface area contributed by atoms with Crippen LogP contribution < -0.4 is 10.2 Å². The summed E-state index contributed by atoms with van der Waals surface area (Å²) in [5, 5.41) is 11.2. The summed E-state index contributed by atoms with van der Waals surface area (Å²) in [6.45, 7) is 2.65. The van der Waals surface area contributed by atoms with Crippen LogP contribution in [0.4, 0.5) is 5.69 Å². The molecule has 1 N–H and O–H groups in total. The molecule has 0 aliphatic rings. The van der Waals surface area contributed by atoms with Crippen molar-refractivity contribution in [1.82, 2.24) is 25.3 Å². The fourth-order valence-electron chi connectivity index (χ4n) is 3.90. The third kappa shape index (κ3) is 5.52. The number of rotatable bonds is 10. The van der Waals surface area contributed by atoms with E-state index < -0.39 is 6.04 Å². The Morgan fingerprint density at radius 2 is 1.89 bits per heavy atom. The van der Waals surface area contributed by atoms with Gasteiger partial charge in [-0.25, -0.2) is 4.68 Å². The van der Waals surface area contributed by atoms with Gasteiger partial charge in [0, 0.05) is 37.3 Å². The summed E-state index contributed by atoms with van der Waals surface area (Å²) in [4.78, 5) is 33.0. The molecule has 0 aliphatic heterocycles. The van der Waals surface area contributed by atoms with E-state index in [1.54, 1.807) is 36.3 Å². The number of nitrogens with one attached hydrogen (secondary N) is 1. The molecule has 0 fully saturated rings. The highest BCUT2D eigenvalue weighted by atomic mass is 16.5. The van der Waals surface area contributed by atoms with Gasteiger partial charge in [-0.3, -0.25) is 19.5 Å². The van der Waals surface area contributed by atoms with Crippen LogP contribution in [0.5, 0.6) is 0 Å². The predicted molar refractivity (Wildman–Crippen MR) is 133 cm³/mol. The standard InChI is InChI=1S/C26H28N6O3/c1-3-19-10-12-21(13-11-19)32(24(33)18-31-23-9-5-4-8-22(23)29-30-31)25(20-7-6-14-27-17-20)26(34)28-15-16-35-2/h4-14,17,25H,3,15-16,18H2,1-2H3,(H,28,34). The first-order chi connectivity index (χ1) is 17.1. The minimum Gasteiger partial charge on any atom is -0.383 e. The zero-order chi connectivity index (χ0) is 24.6. The molecular weight excluding hydrogens is 444 g/mol. The lowest BCUT2D eigenvalue weighted by Gasteiger charge is -2.31. The molecule has 0 aliphatic carbocycles. The number of aromatic nitrogens is 4. The molecule has 0 spiro atoms. The van der Waals surface area contributed by atoms with E-state index in [4.69, 9.17) is 4.74 Å². The number of ether oxygens (including phenoxy) is 1. The number of hydrogen-bond donors (Lipinski definition) is 1. The number of methoxy groups -OCH3 is 1. The third-order valence-electron chi connectivity index (χ3n) is 5.71. The third-order valence-corrected chi connectivity index (χ3v) is 5.71. The van der Waals surface area contributed by atoms with Crippen molar-refractivity contribution in [2.24, 2.45) is 0 Å². The highest BCUT2D eigenvalue weighted by molar-refractivity contribution is 6.01. The summed E-state index contributed by atoms with van der Waals surface area (Å²) in [6.07, 6.45) is 4.10. The first-order valence-corrected chi connectivity index (χ1v) is 11.5. The summed E-state index contributed by atoms with van der Waals surface area (Å²) < 4.78 is 6.63. The fraction of sp³-hybridized carbons (Fsp3) is 0.269. The number of fused-ring (bicyclic) bond motifs is 1. The van der Waals surface area contributed by atoms with E-state index >= 15 is 0 Å². The average Bonchev–Trinajstić information content (AvgIpc) is 3.30. The quantitative estimate of drug-likeness (QED) is 0.356. The van der Waals surface area contributed by atoms with Crippen LogP contribution >= 0.6 is 0 Å². The van der Waals surface area contributed by atoms with Crippen molar-refractivity contribution in [1.29, 1.82) is 0 Å². The Labute approximate surface area is 203 Å². The molecule has 9 heteroatoms. The second kappa shape index (κ2) is 11.3. The minimum atomic E-state index is -0.935. The van der Waals surface area contributed by atoms with Crippen molar-refractivity contribution in [3.8, 4) is 0 Å².